The molecule has 0 amide bonds. The van der Waals surface area contributed by atoms with Crippen LogP contribution in [0.5, 0.6) is 0 Å². The summed E-state index contributed by atoms with van der Waals surface area (Å²) in [7, 11) is 1.97. The maximum absolute atomic E-state index is 13.7. The van der Waals surface area contributed by atoms with Gasteiger partial charge < -0.3 is 10.3 Å². The number of nitrogens with zero attached hydrogens (tertiary/aromatic N) is 1. The number of rotatable bonds is 3. The standard InChI is InChI=1S/C15H19F2N3/c1-18-15(5-3-2-4-6-15)9-13-19-12-8-10(16)7-11(17)14(12)20-13/h7-8,18H,2-6,9H2,1H3,(H,19,20). The van der Waals surface area contributed by atoms with Crippen LogP contribution < -0.4 is 5.32 Å². The summed E-state index contributed by atoms with van der Waals surface area (Å²) in [6.07, 6.45) is 6.57. The lowest BCUT2D eigenvalue weighted by Gasteiger charge is -2.36. The van der Waals surface area contributed by atoms with Gasteiger partial charge in [0, 0.05) is 18.0 Å². The first-order valence-electron chi connectivity index (χ1n) is 7.14. The lowest BCUT2D eigenvalue weighted by molar-refractivity contribution is 0.241. The zero-order chi connectivity index (χ0) is 14.2. The number of likely N-dealkylation sites (N-methyl/N-ethyl adjacent to an activating group) is 1. The minimum absolute atomic E-state index is 0.0289. The molecule has 1 aromatic carbocycles. The van der Waals surface area contributed by atoms with Crippen LogP contribution in [0.25, 0.3) is 11.0 Å². The van der Waals surface area contributed by atoms with Gasteiger partial charge in [0.05, 0.1) is 5.52 Å². The number of hydrogen-bond donors (Lipinski definition) is 2. The van der Waals surface area contributed by atoms with Crippen LogP contribution in [-0.4, -0.2) is 22.6 Å². The molecule has 0 spiro atoms. The zero-order valence-electron chi connectivity index (χ0n) is 11.6. The van der Waals surface area contributed by atoms with Crippen LogP contribution in [0.2, 0.25) is 0 Å². The van der Waals surface area contributed by atoms with Crippen molar-refractivity contribution >= 4 is 11.0 Å². The van der Waals surface area contributed by atoms with Crippen LogP contribution in [-0.2, 0) is 6.42 Å². The molecule has 3 nitrogen and oxygen atoms in total. The molecule has 2 N–H and O–H groups in total. The van der Waals surface area contributed by atoms with Gasteiger partial charge in [-0.1, -0.05) is 19.3 Å². The van der Waals surface area contributed by atoms with Crippen molar-refractivity contribution in [3.05, 3.63) is 29.6 Å². The Morgan fingerprint density at radius 3 is 2.70 bits per heavy atom. The van der Waals surface area contributed by atoms with E-state index in [2.05, 4.69) is 15.3 Å². The second kappa shape index (κ2) is 5.13. The van der Waals surface area contributed by atoms with Crippen molar-refractivity contribution in [3.63, 3.8) is 0 Å². The van der Waals surface area contributed by atoms with Crippen LogP contribution in [0.4, 0.5) is 8.78 Å². The summed E-state index contributed by atoms with van der Waals surface area (Å²) in [6, 6.07) is 2.17. The second-order valence-corrected chi connectivity index (χ2v) is 5.74. The van der Waals surface area contributed by atoms with E-state index in [-0.39, 0.29) is 11.1 Å². The molecule has 1 fully saturated rings. The number of aromatic nitrogens is 2. The molecule has 0 saturated heterocycles. The normalized spacial score (nSPS) is 18.6. The third-order valence-corrected chi connectivity index (χ3v) is 4.40. The first-order valence-corrected chi connectivity index (χ1v) is 7.14. The van der Waals surface area contributed by atoms with E-state index in [1.54, 1.807) is 0 Å². The fourth-order valence-corrected chi connectivity index (χ4v) is 3.24. The van der Waals surface area contributed by atoms with E-state index in [0.29, 0.717) is 5.52 Å². The lowest BCUT2D eigenvalue weighted by Crippen LogP contribution is -2.46. The van der Waals surface area contributed by atoms with Gasteiger partial charge in [-0.25, -0.2) is 13.8 Å². The second-order valence-electron chi connectivity index (χ2n) is 5.74. The Kier molecular flexibility index (Phi) is 3.46. The Hall–Kier alpha value is -1.49. The Morgan fingerprint density at radius 1 is 1.25 bits per heavy atom. The Bertz CT molecular complexity index is 615. The number of aromatic amines is 1. The van der Waals surface area contributed by atoms with Crippen LogP contribution >= 0.6 is 0 Å². The molecule has 3 rings (SSSR count). The van der Waals surface area contributed by atoms with E-state index >= 15 is 0 Å². The van der Waals surface area contributed by atoms with Gasteiger partial charge in [-0.2, -0.15) is 0 Å². The Balaban J connectivity index is 1.92. The average molecular weight is 279 g/mol. The average Bonchev–Trinajstić information content (AvgIpc) is 2.82. The van der Waals surface area contributed by atoms with Crippen molar-refractivity contribution in [2.45, 2.75) is 44.1 Å². The van der Waals surface area contributed by atoms with Gasteiger partial charge in [0.25, 0.3) is 0 Å². The maximum atomic E-state index is 13.7. The first-order chi connectivity index (χ1) is 9.62. The highest BCUT2D eigenvalue weighted by Gasteiger charge is 2.31. The summed E-state index contributed by atoms with van der Waals surface area (Å²) < 4.78 is 26.9. The van der Waals surface area contributed by atoms with Crippen molar-refractivity contribution in [1.29, 1.82) is 0 Å². The molecule has 0 bridgehead atoms. The van der Waals surface area contributed by atoms with Gasteiger partial charge in [0.15, 0.2) is 5.82 Å². The minimum Gasteiger partial charge on any atom is -0.342 e. The predicted molar refractivity (Wildman–Crippen MR) is 74.6 cm³/mol. The predicted octanol–water partition coefficient (Wildman–Crippen LogP) is 3.31. The molecule has 1 aliphatic rings. The molecule has 20 heavy (non-hydrogen) atoms. The summed E-state index contributed by atoms with van der Waals surface area (Å²) in [5.74, 6) is -0.461. The number of benzene rings is 1. The fourth-order valence-electron chi connectivity index (χ4n) is 3.24. The summed E-state index contributed by atoms with van der Waals surface area (Å²) >= 11 is 0. The highest BCUT2D eigenvalue weighted by Crippen LogP contribution is 2.31. The number of hydrogen-bond acceptors (Lipinski definition) is 2. The number of fused-ring (bicyclic) bond motifs is 1. The molecular formula is C15H19F2N3. The van der Waals surface area contributed by atoms with Crippen molar-refractivity contribution < 1.29 is 8.78 Å². The third-order valence-electron chi connectivity index (χ3n) is 4.40. The molecular weight excluding hydrogens is 260 g/mol. The van der Waals surface area contributed by atoms with Crippen molar-refractivity contribution in [2.75, 3.05) is 7.05 Å². The van der Waals surface area contributed by atoms with E-state index in [1.165, 1.54) is 25.3 Å². The van der Waals surface area contributed by atoms with Crippen LogP contribution in [0, 0.1) is 11.6 Å². The van der Waals surface area contributed by atoms with Gasteiger partial charge >= 0.3 is 0 Å². The molecule has 0 aliphatic heterocycles. The number of nitrogens with one attached hydrogen (secondary N) is 2. The Morgan fingerprint density at radius 2 is 2.00 bits per heavy atom. The van der Waals surface area contributed by atoms with Gasteiger partial charge in [-0.05, 0) is 26.0 Å². The van der Waals surface area contributed by atoms with Crippen molar-refractivity contribution in [1.82, 2.24) is 15.3 Å². The van der Waals surface area contributed by atoms with E-state index in [0.717, 1.165) is 31.2 Å². The summed E-state index contributed by atoms with van der Waals surface area (Å²) in [4.78, 5) is 7.36. The van der Waals surface area contributed by atoms with Crippen molar-refractivity contribution in [3.8, 4) is 0 Å². The molecule has 1 heterocycles. The largest absolute Gasteiger partial charge is 0.342 e. The molecule has 1 aromatic heterocycles. The van der Waals surface area contributed by atoms with Crippen LogP contribution in [0.15, 0.2) is 12.1 Å². The fraction of sp³-hybridized carbons (Fsp3) is 0.533. The molecule has 0 unspecified atom stereocenters. The molecule has 108 valence electrons. The van der Waals surface area contributed by atoms with E-state index in [4.69, 9.17) is 0 Å². The molecule has 0 atom stereocenters. The van der Waals surface area contributed by atoms with E-state index in [9.17, 15) is 8.78 Å². The Labute approximate surface area is 116 Å². The molecule has 1 saturated carbocycles. The topological polar surface area (TPSA) is 40.7 Å². The molecule has 0 radical (unpaired) electrons. The maximum Gasteiger partial charge on any atom is 0.153 e. The van der Waals surface area contributed by atoms with Crippen LogP contribution in [0.3, 0.4) is 0 Å². The highest BCUT2D eigenvalue weighted by atomic mass is 19.1. The molecule has 1 aliphatic carbocycles. The summed E-state index contributed by atoms with van der Waals surface area (Å²) in [5, 5.41) is 3.41. The van der Waals surface area contributed by atoms with Gasteiger partial charge in [0.2, 0.25) is 0 Å². The van der Waals surface area contributed by atoms with Crippen molar-refractivity contribution in [2.24, 2.45) is 0 Å². The number of H-pyrrole nitrogens is 1. The first kappa shape index (κ1) is 13.5. The quantitative estimate of drug-likeness (QED) is 0.905. The monoisotopic (exact) mass is 279 g/mol. The van der Waals surface area contributed by atoms with Gasteiger partial charge in [-0.3, -0.25) is 0 Å². The smallest absolute Gasteiger partial charge is 0.153 e. The van der Waals surface area contributed by atoms with Gasteiger partial charge in [-0.15, -0.1) is 0 Å². The lowest BCUT2D eigenvalue weighted by atomic mass is 9.79. The van der Waals surface area contributed by atoms with E-state index in [1.807, 2.05) is 7.05 Å². The SMILES string of the molecule is CNC1(Cc2nc3c(F)cc(F)cc3[nH]2)CCCCC1. The summed E-state index contributed by atoms with van der Waals surface area (Å²) in [6.45, 7) is 0. The zero-order valence-corrected chi connectivity index (χ0v) is 11.6. The summed E-state index contributed by atoms with van der Waals surface area (Å²) in [5.41, 5.74) is 0.684. The minimum atomic E-state index is -0.607. The molecule has 2 aromatic rings. The molecule has 5 heteroatoms. The van der Waals surface area contributed by atoms with Gasteiger partial charge in [0.1, 0.15) is 17.2 Å². The number of halogens is 2. The van der Waals surface area contributed by atoms with E-state index < -0.39 is 11.6 Å². The third kappa shape index (κ3) is 2.42. The highest BCUT2D eigenvalue weighted by molar-refractivity contribution is 5.75. The van der Waals surface area contributed by atoms with Crippen LogP contribution in [0.1, 0.15) is 37.9 Å². The number of imidazole rings is 1.